The second-order valence-electron chi connectivity index (χ2n) is 6.65. The van der Waals surface area contributed by atoms with Crippen LogP contribution in [0.1, 0.15) is 17.3 Å². The molecule has 0 atom stereocenters. The monoisotopic (exact) mass is 477 g/mol. The molecule has 0 aliphatic carbocycles. The van der Waals surface area contributed by atoms with E-state index in [2.05, 4.69) is 30.4 Å². The van der Waals surface area contributed by atoms with Crippen LogP contribution in [-0.4, -0.2) is 25.1 Å². The number of hydrogen-bond acceptors (Lipinski definition) is 9. The Kier molecular flexibility index (Phi) is 6.40. The second kappa shape index (κ2) is 9.40. The molecule has 4 aromatic rings. The van der Waals surface area contributed by atoms with Crippen molar-refractivity contribution in [1.29, 1.82) is 0 Å². The Morgan fingerprint density at radius 2 is 1.76 bits per heavy atom. The van der Waals surface area contributed by atoms with Crippen LogP contribution in [0.3, 0.4) is 0 Å². The van der Waals surface area contributed by atoms with Gasteiger partial charge in [-0.3, -0.25) is 0 Å². The van der Waals surface area contributed by atoms with Crippen LogP contribution in [-0.2, 0) is 17.7 Å². The van der Waals surface area contributed by atoms with Crippen molar-refractivity contribution in [3.8, 4) is 11.4 Å². The summed E-state index contributed by atoms with van der Waals surface area (Å²) >= 11 is 1.34. The van der Waals surface area contributed by atoms with Gasteiger partial charge in [-0.2, -0.15) is 33.1 Å². The minimum atomic E-state index is -4.46. The first-order valence-corrected chi connectivity index (χ1v) is 10.5. The van der Waals surface area contributed by atoms with Crippen molar-refractivity contribution in [3.05, 3.63) is 71.6 Å². The lowest BCUT2D eigenvalue weighted by Crippen LogP contribution is -2.06. The summed E-state index contributed by atoms with van der Waals surface area (Å²) in [5.41, 5.74) is 5.72. The molecular weight excluding hydrogens is 462 g/mol. The van der Waals surface area contributed by atoms with E-state index >= 15 is 0 Å². The third kappa shape index (κ3) is 5.94. The smallest absolute Gasteiger partial charge is 0.368 e. The fourth-order valence-corrected chi connectivity index (χ4v) is 3.42. The van der Waals surface area contributed by atoms with E-state index in [1.165, 1.54) is 48.2 Å². The summed E-state index contributed by atoms with van der Waals surface area (Å²) in [4.78, 5) is 16.5. The molecule has 2 heterocycles. The summed E-state index contributed by atoms with van der Waals surface area (Å²) < 4.78 is 56.9. The molecule has 8 nitrogen and oxygen atoms in total. The Morgan fingerprint density at radius 3 is 2.52 bits per heavy atom. The van der Waals surface area contributed by atoms with Crippen molar-refractivity contribution in [1.82, 2.24) is 25.1 Å². The van der Waals surface area contributed by atoms with E-state index in [0.717, 1.165) is 12.1 Å². The third-order valence-corrected chi connectivity index (χ3v) is 5.09. The first-order chi connectivity index (χ1) is 15.8. The maximum absolute atomic E-state index is 13.0. The number of hydrogen-bond donors (Lipinski definition) is 2. The van der Waals surface area contributed by atoms with Crippen LogP contribution >= 0.6 is 11.8 Å². The van der Waals surface area contributed by atoms with E-state index in [9.17, 15) is 17.6 Å². The fraction of sp³-hybridized carbons (Fsp3) is 0.150. The SMILES string of the molecule is Nc1nc(CSCc2nc(-c3cccc(C(F)(F)F)c3)no2)nc(Nc2ccc(F)cc2)n1. The summed E-state index contributed by atoms with van der Waals surface area (Å²) in [6.45, 7) is 0. The van der Waals surface area contributed by atoms with Gasteiger partial charge in [0, 0.05) is 11.3 Å². The molecule has 3 N–H and O–H groups in total. The van der Waals surface area contributed by atoms with Gasteiger partial charge < -0.3 is 15.6 Å². The second-order valence-corrected chi connectivity index (χ2v) is 7.63. The molecule has 0 fully saturated rings. The van der Waals surface area contributed by atoms with E-state index in [4.69, 9.17) is 10.3 Å². The molecule has 2 aromatic heterocycles. The van der Waals surface area contributed by atoms with Crippen molar-refractivity contribution >= 4 is 29.3 Å². The Bertz CT molecular complexity index is 1250. The molecule has 0 aliphatic heterocycles. The van der Waals surface area contributed by atoms with Gasteiger partial charge in [0.05, 0.1) is 17.1 Å². The molecular formula is C20H15F4N7OS. The van der Waals surface area contributed by atoms with Crippen LogP contribution in [0, 0.1) is 5.82 Å². The van der Waals surface area contributed by atoms with Gasteiger partial charge in [-0.15, -0.1) is 11.8 Å². The zero-order valence-electron chi connectivity index (χ0n) is 16.7. The molecule has 0 aliphatic rings. The molecule has 33 heavy (non-hydrogen) atoms. The lowest BCUT2D eigenvalue weighted by molar-refractivity contribution is -0.137. The molecule has 13 heteroatoms. The molecule has 0 radical (unpaired) electrons. The zero-order chi connectivity index (χ0) is 23.4. The number of nitrogen functional groups attached to an aromatic ring is 1. The quantitative estimate of drug-likeness (QED) is 0.361. The number of benzene rings is 2. The zero-order valence-corrected chi connectivity index (χ0v) is 17.5. The minimum Gasteiger partial charge on any atom is -0.368 e. The highest BCUT2D eigenvalue weighted by molar-refractivity contribution is 7.97. The number of nitrogens with one attached hydrogen (secondary N) is 1. The number of halogens is 4. The van der Waals surface area contributed by atoms with Crippen molar-refractivity contribution < 1.29 is 22.1 Å². The average molecular weight is 477 g/mol. The van der Waals surface area contributed by atoms with Gasteiger partial charge in [0.15, 0.2) is 0 Å². The Morgan fingerprint density at radius 1 is 0.970 bits per heavy atom. The fourth-order valence-electron chi connectivity index (χ4n) is 2.72. The highest BCUT2D eigenvalue weighted by Crippen LogP contribution is 2.31. The predicted octanol–water partition coefficient (Wildman–Crippen LogP) is 4.84. The van der Waals surface area contributed by atoms with Gasteiger partial charge in [0.1, 0.15) is 11.6 Å². The number of alkyl halides is 3. The largest absolute Gasteiger partial charge is 0.416 e. The standard InChI is InChI=1S/C20H15F4N7OS/c21-13-4-6-14(7-5-13)26-19-28-15(27-18(25)30-19)9-33-10-16-29-17(31-32-16)11-2-1-3-12(8-11)20(22,23)24/h1-8H,9-10H2,(H3,25,26,27,28,30). The summed E-state index contributed by atoms with van der Waals surface area (Å²) in [5.74, 6) is 1.12. The summed E-state index contributed by atoms with van der Waals surface area (Å²) in [6.07, 6.45) is -4.46. The van der Waals surface area contributed by atoms with Gasteiger partial charge in [-0.05, 0) is 36.4 Å². The minimum absolute atomic E-state index is 0.00911. The Balaban J connectivity index is 1.38. The van der Waals surface area contributed by atoms with Crippen molar-refractivity contribution in [3.63, 3.8) is 0 Å². The highest BCUT2D eigenvalue weighted by Gasteiger charge is 2.30. The van der Waals surface area contributed by atoms with E-state index in [0.29, 0.717) is 17.3 Å². The van der Waals surface area contributed by atoms with Crippen LogP contribution in [0.4, 0.5) is 35.1 Å². The van der Waals surface area contributed by atoms with Crippen molar-refractivity contribution in [2.24, 2.45) is 0 Å². The van der Waals surface area contributed by atoms with E-state index in [-0.39, 0.29) is 40.7 Å². The summed E-state index contributed by atoms with van der Waals surface area (Å²) in [7, 11) is 0. The maximum atomic E-state index is 13.0. The summed E-state index contributed by atoms with van der Waals surface area (Å²) in [6, 6.07) is 10.3. The first kappa shape index (κ1) is 22.5. The predicted molar refractivity (Wildman–Crippen MR) is 114 cm³/mol. The molecule has 0 spiro atoms. The van der Waals surface area contributed by atoms with E-state index in [1.54, 1.807) is 0 Å². The number of anilines is 3. The third-order valence-electron chi connectivity index (χ3n) is 4.17. The molecule has 2 aromatic carbocycles. The lowest BCUT2D eigenvalue weighted by Gasteiger charge is -2.07. The van der Waals surface area contributed by atoms with Crippen LogP contribution in [0.15, 0.2) is 53.1 Å². The average Bonchev–Trinajstić information content (AvgIpc) is 3.24. The molecule has 0 amide bonds. The van der Waals surface area contributed by atoms with Gasteiger partial charge in [-0.25, -0.2) is 4.39 Å². The van der Waals surface area contributed by atoms with Gasteiger partial charge in [0.2, 0.25) is 23.6 Å². The molecule has 0 saturated heterocycles. The number of aromatic nitrogens is 5. The first-order valence-electron chi connectivity index (χ1n) is 9.37. The number of rotatable bonds is 7. The van der Waals surface area contributed by atoms with Gasteiger partial charge >= 0.3 is 6.18 Å². The van der Waals surface area contributed by atoms with E-state index < -0.39 is 11.7 Å². The van der Waals surface area contributed by atoms with Crippen LogP contribution in [0.25, 0.3) is 11.4 Å². The number of thioether (sulfide) groups is 1. The van der Waals surface area contributed by atoms with Crippen LogP contribution in [0.2, 0.25) is 0 Å². The molecule has 4 rings (SSSR count). The topological polar surface area (TPSA) is 116 Å². The molecule has 0 saturated carbocycles. The Hall–Kier alpha value is -3.74. The van der Waals surface area contributed by atoms with Crippen LogP contribution < -0.4 is 11.1 Å². The Labute approximate surface area is 188 Å². The van der Waals surface area contributed by atoms with Gasteiger partial charge in [0.25, 0.3) is 0 Å². The number of nitrogens with zero attached hydrogens (tertiary/aromatic N) is 5. The van der Waals surface area contributed by atoms with Gasteiger partial charge in [-0.1, -0.05) is 17.3 Å². The summed E-state index contributed by atoms with van der Waals surface area (Å²) in [5, 5.41) is 6.67. The van der Waals surface area contributed by atoms with Crippen LogP contribution in [0.5, 0.6) is 0 Å². The molecule has 0 bridgehead atoms. The highest BCUT2D eigenvalue weighted by atomic mass is 32.2. The molecule has 170 valence electrons. The number of nitrogens with two attached hydrogens (primary N) is 1. The molecule has 0 unspecified atom stereocenters. The van der Waals surface area contributed by atoms with Crippen molar-refractivity contribution in [2.75, 3.05) is 11.1 Å². The lowest BCUT2D eigenvalue weighted by atomic mass is 10.1. The maximum Gasteiger partial charge on any atom is 0.416 e. The van der Waals surface area contributed by atoms with Crippen molar-refractivity contribution in [2.45, 2.75) is 17.7 Å². The van der Waals surface area contributed by atoms with E-state index in [1.807, 2.05) is 0 Å². The normalized spacial score (nSPS) is 11.5.